The number of rotatable bonds is 29. The Morgan fingerprint density at radius 1 is 0.459 bits per heavy atom. The van der Waals surface area contributed by atoms with Crippen molar-refractivity contribution in [1.82, 2.24) is 0 Å². The van der Waals surface area contributed by atoms with E-state index in [0.717, 1.165) is 0 Å². The second kappa shape index (κ2) is 25.7. The van der Waals surface area contributed by atoms with Gasteiger partial charge in [0.1, 0.15) is 6.61 Å². The predicted molar refractivity (Wildman–Crippen MR) is 146 cm³/mol. The first-order valence-corrected chi connectivity index (χ1v) is 16.2. The third-order valence-electron chi connectivity index (χ3n) is 5.56. The molecule has 37 heavy (non-hydrogen) atoms. The molecule has 0 saturated heterocycles. The highest BCUT2D eigenvalue weighted by Crippen LogP contribution is 2.36. The molecule has 0 aliphatic rings. The number of ether oxygens (including phenoxy) is 9. The Morgan fingerprint density at radius 3 is 0.946 bits per heavy atom. The summed E-state index contributed by atoms with van der Waals surface area (Å²) in [6.07, 6.45) is 1.40. The predicted octanol–water partition coefficient (Wildman–Crippen LogP) is 3.30. The van der Waals surface area contributed by atoms with Gasteiger partial charge in [-0.25, -0.2) is 0 Å². The van der Waals surface area contributed by atoms with E-state index >= 15 is 0 Å². The van der Waals surface area contributed by atoms with Crippen molar-refractivity contribution >= 4 is 8.32 Å². The van der Waals surface area contributed by atoms with Crippen LogP contribution in [0.5, 0.6) is 0 Å². The molecule has 0 radical (unpaired) electrons. The maximum absolute atomic E-state index is 6.07. The van der Waals surface area contributed by atoms with Crippen LogP contribution in [0.1, 0.15) is 20.8 Å². The summed E-state index contributed by atoms with van der Waals surface area (Å²) in [5, 5.41) is 0.222. The minimum absolute atomic E-state index is 0.222. The highest BCUT2D eigenvalue weighted by Gasteiger charge is 2.36. The molecule has 0 amide bonds. The van der Waals surface area contributed by atoms with E-state index in [4.69, 9.17) is 47.1 Å². The maximum Gasteiger partial charge on any atom is 0.192 e. The van der Waals surface area contributed by atoms with Crippen LogP contribution in [0.3, 0.4) is 0 Å². The van der Waals surface area contributed by atoms with Gasteiger partial charge in [-0.2, -0.15) is 0 Å². The smallest absolute Gasteiger partial charge is 0.192 e. The molecule has 0 rings (SSSR count). The van der Waals surface area contributed by atoms with Gasteiger partial charge >= 0.3 is 0 Å². The van der Waals surface area contributed by atoms with E-state index in [1.807, 2.05) is 0 Å². The summed E-state index contributed by atoms with van der Waals surface area (Å²) in [5.74, 6) is 0. The molecular weight excluding hydrogens is 500 g/mol. The minimum atomic E-state index is -1.69. The molecule has 0 aromatic rings. The molecule has 0 aliphatic carbocycles. The highest BCUT2D eigenvalue weighted by atomic mass is 28.4. The molecule has 222 valence electrons. The minimum Gasteiger partial charge on any atom is -0.499 e. The van der Waals surface area contributed by atoms with Crippen LogP contribution in [0, 0.1) is 0 Å². The first-order chi connectivity index (χ1) is 17.8. The fourth-order valence-corrected chi connectivity index (χ4v) is 3.43. The standard InChI is InChI=1S/C26H54O10Si/c1-7-27-8-9-28-10-11-29-12-13-30-14-15-31-16-17-32-18-19-33-20-21-34-22-23-35-24-25-36-37(5,6)26(2,3)4/h7H,1,8-25H2,2-6H3. The topological polar surface area (TPSA) is 92.3 Å². The van der Waals surface area contributed by atoms with Crippen LogP contribution in [-0.2, 0) is 47.1 Å². The summed E-state index contributed by atoms with van der Waals surface area (Å²) in [6, 6.07) is 0. The third kappa shape index (κ3) is 25.4. The lowest BCUT2D eigenvalue weighted by atomic mass is 10.2. The molecule has 0 saturated carbocycles. The molecule has 0 N–H and O–H groups in total. The van der Waals surface area contributed by atoms with Crippen LogP contribution in [0.4, 0.5) is 0 Å². The molecule has 11 heteroatoms. The Labute approximate surface area is 226 Å². The van der Waals surface area contributed by atoms with Crippen LogP contribution < -0.4 is 0 Å². The molecular formula is C26H54O10Si. The summed E-state index contributed by atoms with van der Waals surface area (Å²) in [4.78, 5) is 0. The Balaban J connectivity index is 3.14. The van der Waals surface area contributed by atoms with Crippen LogP contribution in [0.25, 0.3) is 0 Å². The van der Waals surface area contributed by atoms with Gasteiger partial charge in [-0.3, -0.25) is 0 Å². The van der Waals surface area contributed by atoms with Crippen LogP contribution in [-0.4, -0.2) is 127 Å². The van der Waals surface area contributed by atoms with E-state index in [-0.39, 0.29) is 5.04 Å². The molecule has 0 bridgehead atoms. The highest BCUT2D eigenvalue weighted by molar-refractivity contribution is 6.74. The van der Waals surface area contributed by atoms with Crippen molar-refractivity contribution in [3.8, 4) is 0 Å². The zero-order valence-corrected chi connectivity index (χ0v) is 25.1. The average Bonchev–Trinajstić information content (AvgIpc) is 2.85. The van der Waals surface area contributed by atoms with Crippen LogP contribution >= 0.6 is 0 Å². The van der Waals surface area contributed by atoms with Crippen LogP contribution in [0.15, 0.2) is 12.8 Å². The number of hydrogen-bond acceptors (Lipinski definition) is 10. The van der Waals surface area contributed by atoms with Crippen molar-refractivity contribution in [3.05, 3.63) is 12.8 Å². The largest absolute Gasteiger partial charge is 0.499 e. The fourth-order valence-electron chi connectivity index (χ4n) is 2.40. The van der Waals surface area contributed by atoms with Gasteiger partial charge in [0.25, 0.3) is 0 Å². The van der Waals surface area contributed by atoms with Crippen molar-refractivity contribution in [1.29, 1.82) is 0 Å². The molecule has 0 spiro atoms. The van der Waals surface area contributed by atoms with E-state index < -0.39 is 8.32 Å². The Morgan fingerprint density at radius 2 is 0.703 bits per heavy atom. The number of hydrogen-bond donors (Lipinski definition) is 0. The van der Waals surface area contributed by atoms with E-state index in [2.05, 4.69) is 40.4 Å². The van der Waals surface area contributed by atoms with Gasteiger partial charge in [-0.15, -0.1) is 0 Å². The maximum atomic E-state index is 6.07. The summed E-state index contributed by atoms with van der Waals surface area (Å²) < 4.78 is 54.6. The van der Waals surface area contributed by atoms with Gasteiger partial charge in [0.2, 0.25) is 0 Å². The summed E-state index contributed by atoms with van der Waals surface area (Å²) in [5.41, 5.74) is 0. The first-order valence-electron chi connectivity index (χ1n) is 13.3. The summed E-state index contributed by atoms with van der Waals surface area (Å²) in [7, 11) is -1.69. The van der Waals surface area contributed by atoms with Crippen molar-refractivity contribution in [3.63, 3.8) is 0 Å². The molecule has 0 fully saturated rings. The summed E-state index contributed by atoms with van der Waals surface area (Å²) in [6.45, 7) is 24.4. The van der Waals surface area contributed by atoms with E-state index in [1.54, 1.807) is 0 Å². The van der Waals surface area contributed by atoms with Gasteiger partial charge in [0, 0.05) is 0 Å². The Hall–Kier alpha value is -0.603. The average molecular weight is 555 g/mol. The third-order valence-corrected chi connectivity index (χ3v) is 10.1. The van der Waals surface area contributed by atoms with Crippen LogP contribution in [0.2, 0.25) is 18.1 Å². The van der Waals surface area contributed by atoms with E-state index in [9.17, 15) is 0 Å². The Kier molecular flexibility index (Phi) is 25.2. The zero-order valence-electron chi connectivity index (χ0n) is 24.1. The zero-order chi connectivity index (χ0) is 27.5. The van der Waals surface area contributed by atoms with Gasteiger partial charge in [-0.05, 0) is 18.1 Å². The molecule has 10 nitrogen and oxygen atoms in total. The Bertz CT molecular complexity index is 488. The first kappa shape index (κ1) is 36.4. The fraction of sp³-hybridized carbons (Fsp3) is 0.923. The second-order valence-corrected chi connectivity index (χ2v) is 14.4. The summed E-state index contributed by atoms with van der Waals surface area (Å²) >= 11 is 0. The second-order valence-electron chi connectivity index (χ2n) is 9.55. The van der Waals surface area contributed by atoms with Gasteiger partial charge < -0.3 is 47.1 Å². The van der Waals surface area contributed by atoms with Crippen molar-refractivity contribution in [2.75, 3.05) is 119 Å². The molecule has 0 heterocycles. The lowest BCUT2D eigenvalue weighted by Crippen LogP contribution is -2.41. The molecule has 0 aromatic carbocycles. The van der Waals surface area contributed by atoms with Crippen molar-refractivity contribution in [2.24, 2.45) is 0 Å². The monoisotopic (exact) mass is 554 g/mol. The van der Waals surface area contributed by atoms with Crippen molar-refractivity contribution in [2.45, 2.75) is 38.9 Å². The van der Waals surface area contributed by atoms with Gasteiger partial charge in [0.15, 0.2) is 8.32 Å². The molecule has 0 unspecified atom stereocenters. The normalized spacial score (nSPS) is 12.2. The van der Waals surface area contributed by atoms with E-state index in [0.29, 0.717) is 119 Å². The quantitative estimate of drug-likeness (QED) is 0.0779. The SMILES string of the molecule is C=COCCOCCOCCOCCOCCOCCOCCOCCOCCO[Si](C)(C)C(C)(C)C. The molecule has 0 aromatic heterocycles. The van der Waals surface area contributed by atoms with E-state index in [1.165, 1.54) is 6.26 Å². The van der Waals surface area contributed by atoms with Crippen molar-refractivity contribution < 1.29 is 47.1 Å². The molecule has 0 aliphatic heterocycles. The molecule has 0 atom stereocenters. The van der Waals surface area contributed by atoms with Gasteiger partial charge in [0.05, 0.1) is 119 Å². The van der Waals surface area contributed by atoms with Gasteiger partial charge in [-0.1, -0.05) is 27.4 Å². The lowest BCUT2D eigenvalue weighted by Gasteiger charge is -2.36. The lowest BCUT2D eigenvalue weighted by molar-refractivity contribution is -0.0244.